The maximum Gasteiger partial charge on any atom is 0.417 e. The third-order valence-corrected chi connectivity index (χ3v) is 3.59. The number of hydrogen-bond donors (Lipinski definition) is 0. The molecule has 0 atom stereocenters. The molecule has 0 amide bonds. The predicted molar refractivity (Wildman–Crippen MR) is 71.9 cm³/mol. The third-order valence-electron chi connectivity index (χ3n) is 2.57. The molecule has 0 aliphatic heterocycles. The lowest BCUT2D eigenvalue weighted by Gasteiger charge is -2.15. The first kappa shape index (κ1) is 15.4. The van der Waals surface area contributed by atoms with Crippen LogP contribution in [0.4, 0.5) is 17.6 Å². The van der Waals surface area contributed by atoms with E-state index in [1.165, 1.54) is 12.1 Å². The summed E-state index contributed by atoms with van der Waals surface area (Å²) >= 11 is 17.5. The SMILES string of the molecule is Fc1ccc(-c2cc(Cl)cc(Cl)c2Cl)c(C(F)(F)F)c1. The van der Waals surface area contributed by atoms with E-state index in [0.717, 1.165) is 12.1 Å². The highest BCUT2D eigenvalue weighted by Gasteiger charge is 2.34. The second kappa shape index (κ2) is 5.43. The number of hydrogen-bond acceptors (Lipinski definition) is 0. The lowest BCUT2D eigenvalue weighted by atomic mass is 9.99. The lowest BCUT2D eigenvalue weighted by molar-refractivity contribution is -0.137. The zero-order valence-corrected chi connectivity index (χ0v) is 11.8. The zero-order chi connectivity index (χ0) is 15.1. The summed E-state index contributed by atoms with van der Waals surface area (Å²) in [5, 5.41) is 0.0756. The Balaban J connectivity index is 2.77. The number of rotatable bonds is 1. The average molecular weight is 344 g/mol. The fourth-order valence-corrected chi connectivity index (χ4v) is 2.44. The van der Waals surface area contributed by atoms with Gasteiger partial charge in [0.2, 0.25) is 0 Å². The summed E-state index contributed by atoms with van der Waals surface area (Å²) in [6.07, 6.45) is -4.73. The maximum absolute atomic E-state index is 13.1. The van der Waals surface area contributed by atoms with Gasteiger partial charge in [-0.25, -0.2) is 4.39 Å². The van der Waals surface area contributed by atoms with Gasteiger partial charge in [0.1, 0.15) is 5.82 Å². The number of alkyl halides is 3. The maximum atomic E-state index is 13.1. The van der Waals surface area contributed by atoms with Gasteiger partial charge in [-0.1, -0.05) is 40.9 Å². The minimum absolute atomic E-state index is 0.00325. The molecule has 0 fully saturated rings. The van der Waals surface area contributed by atoms with Gasteiger partial charge in [0.25, 0.3) is 0 Å². The van der Waals surface area contributed by atoms with Crippen LogP contribution < -0.4 is 0 Å². The molecule has 2 rings (SSSR count). The Hall–Kier alpha value is -0.970. The van der Waals surface area contributed by atoms with Gasteiger partial charge in [0, 0.05) is 10.6 Å². The molecule has 0 N–H and O–H groups in total. The van der Waals surface area contributed by atoms with Crippen LogP contribution in [0.25, 0.3) is 11.1 Å². The van der Waals surface area contributed by atoms with Crippen molar-refractivity contribution in [2.45, 2.75) is 6.18 Å². The molecule has 2 aromatic rings. The van der Waals surface area contributed by atoms with Gasteiger partial charge in [-0.15, -0.1) is 0 Å². The third kappa shape index (κ3) is 3.03. The van der Waals surface area contributed by atoms with E-state index in [0.29, 0.717) is 6.07 Å². The van der Waals surface area contributed by atoms with Gasteiger partial charge in [0.05, 0.1) is 15.6 Å². The smallest absolute Gasteiger partial charge is 0.207 e. The molecular formula is C13H5Cl3F4. The fraction of sp³-hybridized carbons (Fsp3) is 0.0769. The van der Waals surface area contributed by atoms with Crippen molar-refractivity contribution in [2.24, 2.45) is 0 Å². The van der Waals surface area contributed by atoms with Crippen LogP contribution in [0.3, 0.4) is 0 Å². The minimum Gasteiger partial charge on any atom is -0.207 e. The van der Waals surface area contributed by atoms with Crippen molar-refractivity contribution >= 4 is 34.8 Å². The van der Waals surface area contributed by atoms with E-state index in [1.807, 2.05) is 0 Å². The molecule has 7 heteroatoms. The summed E-state index contributed by atoms with van der Waals surface area (Å²) < 4.78 is 52.0. The second-order valence-corrected chi connectivity index (χ2v) is 5.16. The van der Waals surface area contributed by atoms with Crippen molar-refractivity contribution in [1.29, 1.82) is 0 Å². The van der Waals surface area contributed by atoms with Crippen LogP contribution in [0.15, 0.2) is 30.3 Å². The quantitative estimate of drug-likeness (QED) is 0.411. The molecule has 20 heavy (non-hydrogen) atoms. The molecular weight excluding hydrogens is 338 g/mol. The van der Waals surface area contributed by atoms with E-state index >= 15 is 0 Å². The van der Waals surface area contributed by atoms with Crippen molar-refractivity contribution < 1.29 is 17.6 Å². The van der Waals surface area contributed by atoms with Crippen LogP contribution in [0.1, 0.15) is 5.56 Å². The Kier molecular flexibility index (Phi) is 4.19. The van der Waals surface area contributed by atoms with E-state index in [4.69, 9.17) is 34.8 Å². The molecule has 0 heterocycles. The molecule has 0 unspecified atom stereocenters. The van der Waals surface area contributed by atoms with Crippen LogP contribution in [0, 0.1) is 5.82 Å². The van der Waals surface area contributed by atoms with E-state index in [-0.39, 0.29) is 26.2 Å². The van der Waals surface area contributed by atoms with Crippen molar-refractivity contribution in [1.82, 2.24) is 0 Å². The van der Waals surface area contributed by atoms with Gasteiger partial charge in [0.15, 0.2) is 0 Å². The van der Waals surface area contributed by atoms with Crippen LogP contribution in [-0.2, 0) is 6.18 Å². The summed E-state index contributed by atoms with van der Waals surface area (Å²) in [5.74, 6) is -0.995. The Labute approximate surface area is 126 Å². The second-order valence-electron chi connectivity index (χ2n) is 3.94. The highest BCUT2D eigenvalue weighted by Crippen LogP contribution is 2.42. The molecule has 106 valence electrons. The van der Waals surface area contributed by atoms with Crippen LogP contribution in [0.5, 0.6) is 0 Å². The summed E-state index contributed by atoms with van der Waals surface area (Å²) in [7, 11) is 0. The van der Waals surface area contributed by atoms with Crippen molar-refractivity contribution in [3.05, 3.63) is 56.8 Å². The summed E-state index contributed by atoms with van der Waals surface area (Å²) in [4.78, 5) is 0. The van der Waals surface area contributed by atoms with E-state index < -0.39 is 17.6 Å². The van der Waals surface area contributed by atoms with Gasteiger partial charge in [-0.3, -0.25) is 0 Å². The molecule has 0 aromatic heterocycles. The normalized spacial score (nSPS) is 11.8. The Bertz CT molecular complexity index is 665. The van der Waals surface area contributed by atoms with Crippen LogP contribution in [-0.4, -0.2) is 0 Å². The monoisotopic (exact) mass is 342 g/mol. The van der Waals surface area contributed by atoms with Crippen LogP contribution in [0.2, 0.25) is 15.1 Å². The largest absolute Gasteiger partial charge is 0.417 e. The zero-order valence-electron chi connectivity index (χ0n) is 9.53. The van der Waals surface area contributed by atoms with Gasteiger partial charge in [-0.2, -0.15) is 13.2 Å². The predicted octanol–water partition coefficient (Wildman–Crippen LogP) is 6.47. The molecule has 2 aromatic carbocycles. The van der Waals surface area contributed by atoms with E-state index in [2.05, 4.69) is 0 Å². The van der Waals surface area contributed by atoms with Crippen LogP contribution >= 0.6 is 34.8 Å². The first-order valence-corrected chi connectivity index (χ1v) is 6.35. The Morgan fingerprint density at radius 3 is 2.10 bits per heavy atom. The number of halogens is 7. The fourth-order valence-electron chi connectivity index (χ4n) is 1.74. The molecule has 0 aliphatic carbocycles. The van der Waals surface area contributed by atoms with Crippen molar-refractivity contribution in [2.75, 3.05) is 0 Å². The van der Waals surface area contributed by atoms with Gasteiger partial charge < -0.3 is 0 Å². The van der Waals surface area contributed by atoms with E-state index in [9.17, 15) is 17.6 Å². The topological polar surface area (TPSA) is 0 Å². The Morgan fingerprint density at radius 2 is 1.50 bits per heavy atom. The Morgan fingerprint density at radius 1 is 0.850 bits per heavy atom. The average Bonchev–Trinajstić information content (AvgIpc) is 2.33. The van der Waals surface area contributed by atoms with E-state index in [1.54, 1.807) is 0 Å². The number of benzene rings is 2. The molecule has 0 nitrogen and oxygen atoms in total. The van der Waals surface area contributed by atoms with Crippen molar-refractivity contribution in [3.8, 4) is 11.1 Å². The van der Waals surface area contributed by atoms with Crippen molar-refractivity contribution in [3.63, 3.8) is 0 Å². The van der Waals surface area contributed by atoms with Gasteiger partial charge >= 0.3 is 6.18 Å². The highest BCUT2D eigenvalue weighted by molar-refractivity contribution is 6.45. The summed E-state index contributed by atoms with van der Waals surface area (Å²) in [6.45, 7) is 0. The molecule has 0 saturated heterocycles. The molecule has 0 aliphatic rings. The van der Waals surface area contributed by atoms with Gasteiger partial charge in [-0.05, 0) is 29.8 Å². The molecule has 0 bridgehead atoms. The molecule has 0 radical (unpaired) electrons. The standard InChI is InChI=1S/C13H5Cl3F4/c14-6-3-9(12(16)11(15)4-6)8-2-1-7(17)5-10(8)13(18,19)20/h1-5H. The molecule has 0 saturated carbocycles. The molecule has 0 spiro atoms. The lowest BCUT2D eigenvalue weighted by Crippen LogP contribution is -2.08. The summed E-state index contributed by atoms with van der Waals surface area (Å²) in [5.41, 5.74) is -1.43. The first-order chi connectivity index (χ1) is 9.20. The highest BCUT2D eigenvalue weighted by atomic mass is 35.5. The minimum atomic E-state index is -4.73. The first-order valence-electron chi connectivity index (χ1n) is 5.22. The summed E-state index contributed by atoms with van der Waals surface area (Å²) in [6, 6.07) is 4.87.